The van der Waals surface area contributed by atoms with Crippen molar-refractivity contribution in [2.24, 2.45) is 0 Å². The number of aliphatic hydroxyl groups is 1. The topological polar surface area (TPSA) is 25.2 Å². The Labute approximate surface area is 112 Å². The standard InChI is InChI=1S/C16H18FNO/c17-14-7-5-12(6-8-14)9-18-10-13-3-1-2-4-16(19)15(13)11-18/h5-8,10-11,16,19H,1-4,9H2. The third-order valence-electron chi connectivity index (χ3n) is 3.81. The Morgan fingerprint density at radius 1 is 1.16 bits per heavy atom. The van der Waals surface area contributed by atoms with Gasteiger partial charge in [0.1, 0.15) is 5.82 Å². The van der Waals surface area contributed by atoms with Gasteiger partial charge in [-0.1, -0.05) is 18.6 Å². The average molecular weight is 259 g/mol. The lowest BCUT2D eigenvalue weighted by molar-refractivity contribution is 0.166. The maximum absolute atomic E-state index is 12.9. The van der Waals surface area contributed by atoms with Crippen molar-refractivity contribution in [1.82, 2.24) is 4.57 Å². The molecule has 0 aliphatic heterocycles. The van der Waals surface area contributed by atoms with E-state index in [4.69, 9.17) is 0 Å². The first-order chi connectivity index (χ1) is 9.22. The maximum Gasteiger partial charge on any atom is 0.123 e. The number of nitrogens with zero attached hydrogens (tertiary/aromatic N) is 1. The minimum absolute atomic E-state index is 0.206. The lowest BCUT2D eigenvalue weighted by Gasteiger charge is -2.06. The highest BCUT2D eigenvalue weighted by atomic mass is 19.1. The van der Waals surface area contributed by atoms with Crippen molar-refractivity contribution in [3.8, 4) is 0 Å². The summed E-state index contributed by atoms with van der Waals surface area (Å²) in [7, 11) is 0. The predicted octanol–water partition coefficient (Wildman–Crippen LogP) is 3.44. The number of benzene rings is 1. The van der Waals surface area contributed by atoms with Gasteiger partial charge in [0.15, 0.2) is 0 Å². The second-order valence-corrected chi connectivity index (χ2v) is 5.30. The molecule has 1 heterocycles. The minimum Gasteiger partial charge on any atom is -0.388 e. The van der Waals surface area contributed by atoms with E-state index in [9.17, 15) is 9.50 Å². The molecule has 100 valence electrons. The van der Waals surface area contributed by atoms with Crippen molar-refractivity contribution in [1.29, 1.82) is 0 Å². The van der Waals surface area contributed by atoms with E-state index < -0.39 is 0 Å². The summed E-state index contributed by atoms with van der Waals surface area (Å²) in [6, 6.07) is 6.57. The first kappa shape index (κ1) is 12.4. The van der Waals surface area contributed by atoms with Gasteiger partial charge in [-0.05, 0) is 42.5 Å². The fraction of sp³-hybridized carbons (Fsp3) is 0.375. The maximum atomic E-state index is 12.9. The predicted molar refractivity (Wildman–Crippen MR) is 72.4 cm³/mol. The number of halogens is 1. The van der Waals surface area contributed by atoms with Gasteiger partial charge in [-0.2, -0.15) is 0 Å². The molecule has 1 aliphatic rings. The van der Waals surface area contributed by atoms with Crippen molar-refractivity contribution in [2.75, 3.05) is 0 Å². The number of fused-ring (bicyclic) bond motifs is 1. The Morgan fingerprint density at radius 3 is 2.74 bits per heavy atom. The SMILES string of the molecule is OC1CCCCc2cn(Cc3ccc(F)cc3)cc21. The molecule has 1 aromatic heterocycles. The molecule has 1 aliphatic carbocycles. The van der Waals surface area contributed by atoms with Gasteiger partial charge in [0.2, 0.25) is 0 Å². The van der Waals surface area contributed by atoms with Crippen LogP contribution in [0.25, 0.3) is 0 Å². The van der Waals surface area contributed by atoms with Gasteiger partial charge in [0.05, 0.1) is 6.10 Å². The van der Waals surface area contributed by atoms with Crippen LogP contribution in [0, 0.1) is 5.82 Å². The molecule has 1 unspecified atom stereocenters. The fourth-order valence-electron chi connectivity index (χ4n) is 2.78. The third-order valence-corrected chi connectivity index (χ3v) is 3.81. The van der Waals surface area contributed by atoms with Crippen LogP contribution in [-0.4, -0.2) is 9.67 Å². The van der Waals surface area contributed by atoms with Gasteiger partial charge in [0, 0.05) is 24.5 Å². The molecular weight excluding hydrogens is 241 g/mol. The minimum atomic E-state index is -0.327. The summed E-state index contributed by atoms with van der Waals surface area (Å²) in [4.78, 5) is 0. The van der Waals surface area contributed by atoms with E-state index in [0.29, 0.717) is 0 Å². The zero-order valence-corrected chi connectivity index (χ0v) is 10.8. The molecule has 2 nitrogen and oxygen atoms in total. The number of aromatic nitrogens is 1. The summed E-state index contributed by atoms with van der Waals surface area (Å²) in [5.74, 6) is -0.206. The fourth-order valence-corrected chi connectivity index (χ4v) is 2.78. The molecule has 1 atom stereocenters. The Bertz CT molecular complexity index is 559. The second kappa shape index (κ2) is 5.17. The molecule has 0 radical (unpaired) electrons. The monoisotopic (exact) mass is 259 g/mol. The largest absolute Gasteiger partial charge is 0.388 e. The highest BCUT2D eigenvalue weighted by molar-refractivity contribution is 5.29. The van der Waals surface area contributed by atoms with Gasteiger partial charge in [-0.25, -0.2) is 4.39 Å². The first-order valence-electron chi connectivity index (χ1n) is 6.83. The Balaban J connectivity index is 1.82. The van der Waals surface area contributed by atoms with Gasteiger partial charge >= 0.3 is 0 Å². The Kier molecular flexibility index (Phi) is 3.38. The smallest absolute Gasteiger partial charge is 0.123 e. The van der Waals surface area contributed by atoms with E-state index in [0.717, 1.165) is 43.4 Å². The van der Waals surface area contributed by atoms with Gasteiger partial charge in [-0.15, -0.1) is 0 Å². The summed E-state index contributed by atoms with van der Waals surface area (Å²) in [5.41, 5.74) is 3.40. The van der Waals surface area contributed by atoms with Crippen molar-refractivity contribution < 1.29 is 9.50 Å². The van der Waals surface area contributed by atoms with Crippen LogP contribution in [0.4, 0.5) is 4.39 Å². The van der Waals surface area contributed by atoms with E-state index in [1.807, 2.05) is 6.20 Å². The van der Waals surface area contributed by atoms with E-state index in [1.54, 1.807) is 12.1 Å². The average Bonchev–Trinajstić information content (AvgIpc) is 2.72. The van der Waals surface area contributed by atoms with Crippen molar-refractivity contribution in [2.45, 2.75) is 38.3 Å². The van der Waals surface area contributed by atoms with Crippen LogP contribution in [-0.2, 0) is 13.0 Å². The summed E-state index contributed by atoms with van der Waals surface area (Å²) < 4.78 is 15.0. The Hall–Kier alpha value is -1.61. The molecule has 1 aromatic carbocycles. The van der Waals surface area contributed by atoms with E-state index in [2.05, 4.69) is 10.8 Å². The summed E-state index contributed by atoms with van der Waals surface area (Å²) in [6.07, 6.45) is 7.96. The van der Waals surface area contributed by atoms with Crippen molar-refractivity contribution in [3.63, 3.8) is 0 Å². The lowest BCUT2D eigenvalue weighted by Crippen LogP contribution is -1.98. The van der Waals surface area contributed by atoms with Crippen LogP contribution in [0.1, 0.15) is 42.1 Å². The van der Waals surface area contributed by atoms with Crippen molar-refractivity contribution in [3.05, 3.63) is 59.2 Å². The number of hydrogen-bond donors (Lipinski definition) is 1. The highest BCUT2D eigenvalue weighted by Crippen LogP contribution is 2.29. The number of rotatable bonds is 2. The van der Waals surface area contributed by atoms with E-state index in [1.165, 1.54) is 17.7 Å². The molecule has 0 saturated carbocycles. The molecule has 19 heavy (non-hydrogen) atoms. The molecular formula is C16H18FNO. The highest BCUT2D eigenvalue weighted by Gasteiger charge is 2.18. The molecule has 0 amide bonds. The second-order valence-electron chi connectivity index (χ2n) is 5.30. The van der Waals surface area contributed by atoms with E-state index >= 15 is 0 Å². The van der Waals surface area contributed by atoms with Crippen molar-refractivity contribution >= 4 is 0 Å². The summed E-state index contributed by atoms with van der Waals surface area (Å²) in [6.45, 7) is 0.722. The lowest BCUT2D eigenvalue weighted by atomic mass is 10.1. The molecule has 1 N–H and O–H groups in total. The first-order valence-corrected chi connectivity index (χ1v) is 6.83. The van der Waals surface area contributed by atoms with Crippen LogP contribution in [0.2, 0.25) is 0 Å². The summed E-state index contributed by atoms with van der Waals surface area (Å²) >= 11 is 0. The van der Waals surface area contributed by atoms with Crippen LogP contribution >= 0.6 is 0 Å². The third kappa shape index (κ3) is 2.71. The quantitative estimate of drug-likeness (QED) is 0.821. The van der Waals surface area contributed by atoms with Gasteiger partial charge in [0.25, 0.3) is 0 Å². The number of hydrogen-bond acceptors (Lipinski definition) is 1. The molecule has 2 aromatic rings. The molecule has 3 rings (SSSR count). The number of aryl methyl sites for hydroxylation is 1. The molecule has 0 bridgehead atoms. The normalized spacial score (nSPS) is 18.9. The van der Waals surface area contributed by atoms with Crippen LogP contribution < -0.4 is 0 Å². The molecule has 3 heteroatoms. The van der Waals surface area contributed by atoms with Crippen LogP contribution in [0.15, 0.2) is 36.7 Å². The van der Waals surface area contributed by atoms with Gasteiger partial charge < -0.3 is 9.67 Å². The van der Waals surface area contributed by atoms with Gasteiger partial charge in [-0.3, -0.25) is 0 Å². The zero-order valence-electron chi connectivity index (χ0n) is 10.8. The molecule has 0 saturated heterocycles. The molecule has 0 fully saturated rings. The Morgan fingerprint density at radius 2 is 1.95 bits per heavy atom. The molecule has 0 spiro atoms. The van der Waals surface area contributed by atoms with E-state index in [-0.39, 0.29) is 11.9 Å². The zero-order chi connectivity index (χ0) is 13.2. The van der Waals surface area contributed by atoms with Crippen LogP contribution in [0.3, 0.4) is 0 Å². The van der Waals surface area contributed by atoms with Crippen LogP contribution in [0.5, 0.6) is 0 Å². The summed E-state index contributed by atoms with van der Waals surface area (Å²) in [5, 5.41) is 10.1. The number of aliphatic hydroxyl groups excluding tert-OH is 1.